The molecule has 1 N–H and O–H groups in total. The molecule has 2 aromatic carbocycles. The fourth-order valence-corrected chi connectivity index (χ4v) is 4.08. The molecule has 1 aliphatic rings. The maximum atomic E-state index is 13.2. The lowest BCUT2D eigenvalue weighted by atomic mass is 9.95. The Bertz CT molecular complexity index is 1280. The zero-order valence-electron chi connectivity index (χ0n) is 19.3. The van der Waals surface area contributed by atoms with Gasteiger partial charge in [-0.2, -0.15) is 0 Å². The Morgan fingerprint density at radius 2 is 1.71 bits per heavy atom. The first kappa shape index (κ1) is 23.7. The molecule has 1 fully saturated rings. The molecular weight excluding hydrogens is 448 g/mol. The molecule has 1 saturated heterocycles. The molecule has 35 heavy (non-hydrogen) atoms. The summed E-state index contributed by atoms with van der Waals surface area (Å²) in [6.45, 7) is 2.08. The van der Waals surface area contributed by atoms with E-state index in [4.69, 9.17) is 9.47 Å². The van der Waals surface area contributed by atoms with Crippen molar-refractivity contribution >= 4 is 23.4 Å². The number of ketones is 1. The monoisotopic (exact) mass is 472 g/mol. The van der Waals surface area contributed by atoms with Gasteiger partial charge in [0.25, 0.3) is 11.7 Å². The number of aliphatic hydroxyl groups excluding tert-OH is 1. The maximum absolute atomic E-state index is 13.2. The molecule has 0 spiro atoms. The van der Waals surface area contributed by atoms with E-state index in [1.165, 1.54) is 12.0 Å². The fourth-order valence-electron chi connectivity index (χ4n) is 4.08. The second-order valence-corrected chi connectivity index (χ2v) is 7.83. The highest BCUT2D eigenvalue weighted by atomic mass is 16.5. The molecule has 8 nitrogen and oxygen atoms in total. The van der Waals surface area contributed by atoms with Crippen LogP contribution < -0.4 is 4.74 Å². The number of methoxy groups -OCH3 is 1. The van der Waals surface area contributed by atoms with Crippen LogP contribution in [0.1, 0.15) is 40.0 Å². The second-order valence-electron chi connectivity index (χ2n) is 7.83. The average molecular weight is 472 g/mol. The van der Waals surface area contributed by atoms with Gasteiger partial charge in [-0.1, -0.05) is 24.3 Å². The molecule has 2 heterocycles. The number of carbonyl (C=O) groups excluding carboxylic acids is 3. The topological polar surface area (TPSA) is 106 Å². The molecule has 1 aromatic heterocycles. The van der Waals surface area contributed by atoms with Crippen molar-refractivity contribution in [3.05, 3.63) is 101 Å². The third kappa shape index (κ3) is 4.63. The number of hydrogen-bond donors (Lipinski definition) is 1. The maximum Gasteiger partial charge on any atom is 0.338 e. The summed E-state index contributed by atoms with van der Waals surface area (Å²) in [5.41, 5.74) is 1.99. The Kier molecular flexibility index (Phi) is 6.91. The van der Waals surface area contributed by atoms with Crippen LogP contribution in [0, 0.1) is 0 Å². The molecule has 1 atom stereocenters. The number of benzene rings is 2. The van der Waals surface area contributed by atoms with E-state index >= 15 is 0 Å². The summed E-state index contributed by atoms with van der Waals surface area (Å²) in [4.78, 5) is 43.7. The van der Waals surface area contributed by atoms with Gasteiger partial charge >= 0.3 is 5.97 Å². The van der Waals surface area contributed by atoms with E-state index in [2.05, 4.69) is 4.98 Å². The number of aliphatic hydroxyl groups is 1. The Morgan fingerprint density at radius 1 is 1.03 bits per heavy atom. The van der Waals surface area contributed by atoms with Gasteiger partial charge in [-0.3, -0.25) is 14.6 Å². The number of Topliss-reactive ketones (excluding diaryl/α,β-unsaturated/α-hetero) is 1. The van der Waals surface area contributed by atoms with Gasteiger partial charge in [-0.05, 0) is 54.4 Å². The number of aromatic nitrogens is 1. The number of carbonyl (C=O) groups is 3. The number of para-hydroxylation sites is 1. The van der Waals surface area contributed by atoms with Gasteiger partial charge in [-0.15, -0.1) is 0 Å². The van der Waals surface area contributed by atoms with E-state index in [1.807, 2.05) is 0 Å². The summed E-state index contributed by atoms with van der Waals surface area (Å²) in [6.07, 6.45) is 3.12. The number of hydrogen-bond acceptors (Lipinski definition) is 7. The van der Waals surface area contributed by atoms with Crippen LogP contribution in [0.4, 0.5) is 0 Å². The van der Waals surface area contributed by atoms with E-state index in [0.717, 1.165) is 0 Å². The van der Waals surface area contributed by atoms with Crippen molar-refractivity contribution in [2.45, 2.75) is 19.5 Å². The lowest BCUT2D eigenvalue weighted by Gasteiger charge is -2.25. The molecule has 3 aromatic rings. The smallest absolute Gasteiger partial charge is 0.338 e. The third-order valence-electron chi connectivity index (χ3n) is 5.74. The SMILES string of the molecule is CCOC(=O)c1ccc(CN2C(=O)C(=O)/C(=C(/O)c3ccccc3OC)C2c2ccncc2)cc1. The standard InChI is InChI=1S/C27H24N2O6/c1-3-35-27(33)19-10-8-17(9-11-19)16-29-23(18-12-14-28-15-13-18)22(25(31)26(29)32)24(30)20-6-4-5-7-21(20)34-2/h4-15,23,30H,3,16H2,1-2H3/b24-22+. The Morgan fingerprint density at radius 3 is 2.37 bits per heavy atom. The van der Waals surface area contributed by atoms with Crippen LogP contribution in [0.15, 0.2) is 78.6 Å². The number of nitrogens with zero attached hydrogens (tertiary/aromatic N) is 2. The Balaban J connectivity index is 1.77. The van der Waals surface area contributed by atoms with Crippen molar-refractivity contribution < 1.29 is 29.0 Å². The van der Waals surface area contributed by atoms with Crippen molar-refractivity contribution in [2.24, 2.45) is 0 Å². The quantitative estimate of drug-likeness (QED) is 0.241. The van der Waals surface area contributed by atoms with Crippen molar-refractivity contribution in [3.8, 4) is 5.75 Å². The first-order chi connectivity index (χ1) is 17.0. The number of ether oxygens (including phenoxy) is 2. The molecule has 1 aliphatic heterocycles. The van der Waals surface area contributed by atoms with E-state index < -0.39 is 23.7 Å². The average Bonchev–Trinajstić information content (AvgIpc) is 3.14. The molecule has 1 amide bonds. The summed E-state index contributed by atoms with van der Waals surface area (Å²) in [5.74, 6) is -1.91. The highest BCUT2D eigenvalue weighted by Gasteiger charge is 2.46. The summed E-state index contributed by atoms with van der Waals surface area (Å²) in [7, 11) is 1.46. The molecule has 0 saturated carbocycles. The minimum atomic E-state index is -0.840. The fraction of sp³-hybridized carbons (Fsp3) is 0.185. The molecular formula is C27H24N2O6. The number of esters is 1. The number of amides is 1. The normalized spacial score (nSPS) is 16.9. The minimum absolute atomic E-state index is 0.0335. The third-order valence-corrected chi connectivity index (χ3v) is 5.74. The van der Waals surface area contributed by atoms with Crippen LogP contribution in [0.5, 0.6) is 5.75 Å². The second kappa shape index (κ2) is 10.2. The van der Waals surface area contributed by atoms with Gasteiger partial charge in [0.2, 0.25) is 0 Å². The highest BCUT2D eigenvalue weighted by molar-refractivity contribution is 6.46. The predicted molar refractivity (Wildman–Crippen MR) is 127 cm³/mol. The zero-order valence-corrected chi connectivity index (χ0v) is 19.3. The Hall–Kier alpha value is -4.46. The molecule has 8 heteroatoms. The van der Waals surface area contributed by atoms with Gasteiger partial charge in [0.1, 0.15) is 11.5 Å². The molecule has 4 rings (SSSR count). The van der Waals surface area contributed by atoms with Crippen LogP contribution in [0.25, 0.3) is 5.76 Å². The van der Waals surface area contributed by atoms with Gasteiger partial charge in [0.15, 0.2) is 0 Å². The summed E-state index contributed by atoms with van der Waals surface area (Å²) in [6, 6.07) is 15.9. The van der Waals surface area contributed by atoms with E-state index in [0.29, 0.717) is 28.0 Å². The number of likely N-dealkylation sites (tertiary alicyclic amines) is 1. The van der Waals surface area contributed by atoms with E-state index in [9.17, 15) is 19.5 Å². The molecule has 0 aliphatic carbocycles. The summed E-state index contributed by atoms with van der Waals surface area (Å²) >= 11 is 0. The molecule has 0 radical (unpaired) electrons. The lowest BCUT2D eigenvalue weighted by Crippen LogP contribution is -2.29. The predicted octanol–water partition coefficient (Wildman–Crippen LogP) is 3.89. The molecule has 0 bridgehead atoms. The van der Waals surface area contributed by atoms with Gasteiger partial charge in [-0.25, -0.2) is 4.79 Å². The Labute approximate surface area is 202 Å². The van der Waals surface area contributed by atoms with Crippen molar-refractivity contribution in [1.29, 1.82) is 0 Å². The van der Waals surface area contributed by atoms with Crippen LogP contribution in [-0.4, -0.2) is 46.4 Å². The lowest BCUT2D eigenvalue weighted by molar-refractivity contribution is -0.140. The number of rotatable bonds is 7. The number of pyridine rings is 1. The van der Waals surface area contributed by atoms with Crippen LogP contribution in [-0.2, 0) is 20.9 Å². The van der Waals surface area contributed by atoms with E-state index in [-0.39, 0.29) is 24.5 Å². The minimum Gasteiger partial charge on any atom is -0.507 e. The van der Waals surface area contributed by atoms with Crippen molar-refractivity contribution in [3.63, 3.8) is 0 Å². The zero-order chi connectivity index (χ0) is 24.9. The first-order valence-electron chi connectivity index (χ1n) is 11.0. The molecule has 1 unspecified atom stereocenters. The van der Waals surface area contributed by atoms with Crippen LogP contribution in [0.3, 0.4) is 0 Å². The summed E-state index contributed by atoms with van der Waals surface area (Å²) in [5, 5.41) is 11.2. The van der Waals surface area contributed by atoms with Crippen LogP contribution in [0.2, 0.25) is 0 Å². The summed E-state index contributed by atoms with van der Waals surface area (Å²) < 4.78 is 10.4. The van der Waals surface area contributed by atoms with Crippen molar-refractivity contribution in [2.75, 3.05) is 13.7 Å². The van der Waals surface area contributed by atoms with Gasteiger partial charge in [0, 0.05) is 18.9 Å². The van der Waals surface area contributed by atoms with Crippen molar-refractivity contribution in [1.82, 2.24) is 9.88 Å². The first-order valence-corrected chi connectivity index (χ1v) is 11.0. The van der Waals surface area contributed by atoms with Gasteiger partial charge < -0.3 is 19.5 Å². The van der Waals surface area contributed by atoms with Crippen LogP contribution >= 0.6 is 0 Å². The highest BCUT2D eigenvalue weighted by Crippen LogP contribution is 2.41. The van der Waals surface area contributed by atoms with E-state index in [1.54, 1.807) is 80.0 Å². The largest absolute Gasteiger partial charge is 0.507 e. The van der Waals surface area contributed by atoms with Gasteiger partial charge in [0.05, 0.1) is 36.5 Å². The molecule has 178 valence electrons.